The Morgan fingerprint density at radius 2 is 1.81 bits per heavy atom. The summed E-state index contributed by atoms with van der Waals surface area (Å²) in [6.45, 7) is 3.65. The molecule has 0 N–H and O–H groups in total. The van der Waals surface area contributed by atoms with Crippen LogP contribution in [0.5, 0.6) is 11.5 Å². The number of thioether (sulfide) groups is 2. The second-order valence-corrected chi connectivity index (χ2v) is 9.92. The normalized spacial score (nSPS) is 11.2. The summed E-state index contributed by atoms with van der Waals surface area (Å²) in [6, 6.07) is 15.9. The first kappa shape index (κ1) is 22.0. The van der Waals surface area contributed by atoms with Crippen LogP contribution in [-0.2, 0) is 12.3 Å². The minimum Gasteiger partial charge on any atom is -0.497 e. The van der Waals surface area contributed by atoms with Crippen LogP contribution in [0.25, 0.3) is 10.2 Å². The van der Waals surface area contributed by atoms with Gasteiger partial charge in [0.1, 0.15) is 17.3 Å². The highest BCUT2D eigenvalue weighted by molar-refractivity contribution is 8.00. The predicted molar refractivity (Wildman–Crippen MR) is 129 cm³/mol. The van der Waals surface area contributed by atoms with Crippen molar-refractivity contribution < 1.29 is 9.47 Å². The molecule has 2 aromatic carbocycles. The zero-order chi connectivity index (χ0) is 21.5. The molecule has 0 saturated carbocycles. The van der Waals surface area contributed by atoms with E-state index in [1.54, 1.807) is 42.0 Å². The zero-order valence-electron chi connectivity index (χ0n) is 17.5. The van der Waals surface area contributed by atoms with Crippen molar-refractivity contribution in [2.24, 2.45) is 0 Å². The van der Waals surface area contributed by atoms with Gasteiger partial charge < -0.3 is 14.0 Å². The maximum Gasteiger partial charge on any atom is 0.191 e. The minimum atomic E-state index is 0.667. The van der Waals surface area contributed by atoms with Crippen LogP contribution in [0.1, 0.15) is 19.2 Å². The van der Waals surface area contributed by atoms with E-state index in [0.717, 1.165) is 56.8 Å². The molecule has 9 heteroatoms. The minimum absolute atomic E-state index is 0.667. The highest BCUT2D eigenvalue weighted by atomic mass is 32.2. The largest absolute Gasteiger partial charge is 0.497 e. The molecule has 0 atom stereocenters. The maximum atomic E-state index is 5.80. The zero-order valence-corrected chi connectivity index (χ0v) is 19.9. The fourth-order valence-corrected chi connectivity index (χ4v) is 5.92. The molecule has 162 valence electrons. The van der Waals surface area contributed by atoms with Crippen molar-refractivity contribution in [3.05, 3.63) is 54.4 Å². The smallest absolute Gasteiger partial charge is 0.191 e. The molecule has 0 fully saturated rings. The van der Waals surface area contributed by atoms with E-state index in [9.17, 15) is 0 Å². The van der Waals surface area contributed by atoms with Crippen molar-refractivity contribution in [2.75, 3.05) is 19.5 Å². The molecule has 31 heavy (non-hydrogen) atoms. The summed E-state index contributed by atoms with van der Waals surface area (Å²) < 4.78 is 15.4. The van der Waals surface area contributed by atoms with Gasteiger partial charge >= 0.3 is 0 Å². The van der Waals surface area contributed by atoms with Crippen LogP contribution in [0, 0.1) is 0 Å². The highest BCUT2D eigenvalue weighted by Crippen LogP contribution is 2.31. The van der Waals surface area contributed by atoms with Gasteiger partial charge in [-0.1, -0.05) is 35.7 Å². The number of thiazole rings is 1. The third kappa shape index (κ3) is 5.72. The number of rotatable bonds is 11. The summed E-state index contributed by atoms with van der Waals surface area (Å²) in [5.41, 5.74) is 1.06. The molecule has 0 aliphatic rings. The van der Waals surface area contributed by atoms with Crippen LogP contribution < -0.4 is 9.47 Å². The van der Waals surface area contributed by atoms with Crippen molar-refractivity contribution in [1.29, 1.82) is 0 Å². The lowest BCUT2D eigenvalue weighted by Gasteiger charge is -2.08. The second kappa shape index (κ2) is 10.9. The van der Waals surface area contributed by atoms with Gasteiger partial charge in [0, 0.05) is 12.3 Å². The Labute approximate surface area is 194 Å². The Morgan fingerprint density at radius 1 is 1.00 bits per heavy atom. The van der Waals surface area contributed by atoms with E-state index in [-0.39, 0.29) is 0 Å². The van der Waals surface area contributed by atoms with Crippen LogP contribution in [0.15, 0.2) is 58.0 Å². The fourth-order valence-electron chi connectivity index (χ4n) is 2.97. The number of methoxy groups -OCH3 is 1. The summed E-state index contributed by atoms with van der Waals surface area (Å²) in [5.74, 6) is 4.38. The molecule has 0 saturated heterocycles. The fraction of sp³-hybridized carbons (Fsp3) is 0.318. The Bertz CT molecular complexity index is 1080. The van der Waals surface area contributed by atoms with Gasteiger partial charge in [-0.25, -0.2) is 4.98 Å². The number of benzene rings is 2. The first-order chi connectivity index (χ1) is 15.3. The van der Waals surface area contributed by atoms with Gasteiger partial charge in [-0.05, 0) is 49.7 Å². The molecule has 0 aliphatic heterocycles. The SMILES string of the molecule is CCn1c(CSc2nc3ccccc3s2)nnc1SCCCOc1ccc(OC)cc1. The van der Waals surface area contributed by atoms with Crippen LogP contribution in [0.3, 0.4) is 0 Å². The van der Waals surface area contributed by atoms with E-state index in [1.807, 2.05) is 36.4 Å². The molecule has 0 radical (unpaired) electrons. The van der Waals surface area contributed by atoms with Gasteiger partial charge in [0.05, 0.1) is 29.7 Å². The number of para-hydroxylation sites is 1. The van der Waals surface area contributed by atoms with E-state index in [1.165, 1.54) is 4.70 Å². The second-order valence-electron chi connectivity index (χ2n) is 6.61. The van der Waals surface area contributed by atoms with Crippen molar-refractivity contribution >= 4 is 45.1 Å². The number of aromatic nitrogens is 4. The van der Waals surface area contributed by atoms with Crippen LogP contribution in [0.4, 0.5) is 0 Å². The summed E-state index contributed by atoms with van der Waals surface area (Å²) in [6.07, 6.45) is 0.934. The summed E-state index contributed by atoms with van der Waals surface area (Å²) >= 11 is 5.17. The van der Waals surface area contributed by atoms with E-state index >= 15 is 0 Å². The molecular formula is C22H24N4O2S3. The van der Waals surface area contributed by atoms with E-state index < -0.39 is 0 Å². The van der Waals surface area contributed by atoms with Crippen molar-refractivity contribution in [3.63, 3.8) is 0 Å². The van der Waals surface area contributed by atoms with E-state index in [2.05, 4.69) is 33.8 Å². The van der Waals surface area contributed by atoms with Crippen molar-refractivity contribution in [2.45, 2.75) is 35.1 Å². The van der Waals surface area contributed by atoms with E-state index in [4.69, 9.17) is 14.5 Å². The lowest BCUT2D eigenvalue weighted by molar-refractivity contribution is 0.318. The van der Waals surface area contributed by atoms with Gasteiger partial charge in [-0.15, -0.1) is 21.5 Å². The molecule has 4 aromatic rings. The summed E-state index contributed by atoms with van der Waals surface area (Å²) in [7, 11) is 1.66. The first-order valence-corrected chi connectivity index (χ1v) is 12.9. The van der Waals surface area contributed by atoms with Crippen LogP contribution in [-0.4, -0.2) is 39.2 Å². The lowest BCUT2D eigenvalue weighted by Crippen LogP contribution is -2.03. The molecule has 0 bridgehead atoms. The number of hydrogen-bond acceptors (Lipinski definition) is 8. The van der Waals surface area contributed by atoms with Crippen molar-refractivity contribution in [1.82, 2.24) is 19.7 Å². The molecule has 0 aliphatic carbocycles. The molecule has 2 heterocycles. The number of ether oxygens (including phenoxy) is 2. The Kier molecular flexibility index (Phi) is 7.71. The predicted octanol–water partition coefficient (Wildman–Crippen LogP) is 5.77. The Morgan fingerprint density at radius 3 is 2.58 bits per heavy atom. The molecule has 0 unspecified atom stereocenters. The molecule has 0 amide bonds. The molecule has 6 nitrogen and oxygen atoms in total. The van der Waals surface area contributed by atoms with E-state index in [0.29, 0.717) is 6.61 Å². The monoisotopic (exact) mass is 472 g/mol. The topological polar surface area (TPSA) is 62.1 Å². The van der Waals surface area contributed by atoms with Crippen LogP contribution >= 0.6 is 34.9 Å². The first-order valence-electron chi connectivity index (χ1n) is 10.1. The van der Waals surface area contributed by atoms with Gasteiger partial charge in [-0.2, -0.15) is 0 Å². The van der Waals surface area contributed by atoms with Gasteiger partial charge in [0.15, 0.2) is 9.50 Å². The van der Waals surface area contributed by atoms with Gasteiger partial charge in [-0.3, -0.25) is 0 Å². The molecule has 0 spiro atoms. The quantitative estimate of drug-likeness (QED) is 0.203. The average molecular weight is 473 g/mol. The Balaban J connectivity index is 1.25. The molecule has 4 rings (SSSR count). The third-order valence-electron chi connectivity index (χ3n) is 4.56. The summed E-state index contributed by atoms with van der Waals surface area (Å²) in [5, 5.41) is 9.80. The highest BCUT2D eigenvalue weighted by Gasteiger charge is 2.13. The average Bonchev–Trinajstić information content (AvgIpc) is 3.40. The molecular weight excluding hydrogens is 448 g/mol. The summed E-state index contributed by atoms with van der Waals surface area (Å²) in [4.78, 5) is 4.69. The maximum absolute atomic E-state index is 5.80. The van der Waals surface area contributed by atoms with Gasteiger partial charge in [0.25, 0.3) is 0 Å². The molecule has 2 aromatic heterocycles. The number of nitrogens with zero attached hydrogens (tertiary/aromatic N) is 4. The van der Waals surface area contributed by atoms with Crippen molar-refractivity contribution in [3.8, 4) is 11.5 Å². The lowest BCUT2D eigenvalue weighted by atomic mass is 10.3. The van der Waals surface area contributed by atoms with Crippen LogP contribution in [0.2, 0.25) is 0 Å². The number of fused-ring (bicyclic) bond motifs is 1. The number of hydrogen-bond donors (Lipinski definition) is 0. The standard InChI is InChI=1S/C22H24N4O2S3/c1-3-26-20(15-30-22-23-18-7-4-5-8-19(18)31-22)24-25-21(26)29-14-6-13-28-17-11-9-16(27-2)10-12-17/h4-5,7-12H,3,6,13-15H2,1-2H3. The third-order valence-corrected chi connectivity index (χ3v) is 7.79. The van der Waals surface area contributed by atoms with Gasteiger partial charge in [0.2, 0.25) is 0 Å². The Hall–Kier alpha value is -2.23.